The Hall–Kier alpha value is -2.66. The van der Waals surface area contributed by atoms with Crippen LogP contribution in [0.2, 0.25) is 0 Å². The molecule has 0 aliphatic heterocycles. The second kappa shape index (κ2) is 9.23. The van der Waals surface area contributed by atoms with Crippen molar-refractivity contribution in [3.05, 3.63) is 64.7 Å². The molecule has 2 aromatic carbocycles. The first-order valence-corrected chi connectivity index (χ1v) is 10.8. The van der Waals surface area contributed by atoms with Gasteiger partial charge < -0.3 is 10.1 Å². The average Bonchev–Trinajstić information content (AvgIpc) is 3.16. The van der Waals surface area contributed by atoms with Crippen molar-refractivity contribution in [3.63, 3.8) is 0 Å². The number of hydrogen-bond donors (Lipinski definition) is 1. The molecule has 0 spiro atoms. The van der Waals surface area contributed by atoms with E-state index in [4.69, 9.17) is 4.74 Å². The molecule has 1 aromatic heterocycles. The van der Waals surface area contributed by atoms with E-state index in [2.05, 4.69) is 56.2 Å². The Morgan fingerprint density at radius 2 is 1.66 bits per heavy atom. The quantitative estimate of drug-likeness (QED) is 0.503. The fourth-order valence-corrected chi connectivity index (χ4v) is 4.12. The summed E-state index contributed by atoms with van der Waals surface area (Å²) in [6.07, 6.45) is 0.261. The van der Waals surface area contributed by atoms with Crippen molar-refractivity contribution in [2.45, 2.75) is 46.0 Å². The number of hydrogen-bond acceptors (Lipinski definition) is 4. The van der Waals surface area contributed by atoms with Crippen LogP contribution in [0, 0.1) is 0 Å². The molecule has 0 aliphatic carbocycles. The van der Waals surface area contributed by atoms with E-state index in [0.29, 0.717) is 11.8 Å². The van der Waals surface area contributed by atoms with Crippen LogP contribution in [-0.4, -0.2) is 18.0 Å². The molecule has 3 aromatic rings. The monoisotopic (exact) mass is 408 g/mol. The van der Waals surface area contributed by atoms with Gasteiger partial charge >= 0.3 is 0 Å². The fraction of sp³-hybridized carbons (Fsp3) is 0.333. The molecule has 0 radical (unpaired) electrons. The highest BCUT2D eigenvalue weighted by atomic mass is 32.1. The molecule has 0 atom stereocenters. The molecule has 0 saturated carbocycles. The van der Waals surface area contributed by atoms with Crippen molar-refractivity contribution in [3.8, 4) is 16.3 Å². The number of thiazole rings is 1. The number of benzene rings is 2. The molecular formula is C24H28N2O2S. The van der Waals surface area contributed by atoms with Crippen LogP contribution < -0.4 is 10.1 Å². The number of ether oxygens (including phenoxy) is 1. The Morgan fingerprint density at radius 3 is 2.21 bits per heavy atom. The van der Waals surface area contributed by atoms with E-state index in [1.54, 1.807) is 18.4 Å². The van der Waals surface area contributed by atoms with Gasteiger partial charge in [-0.1, -0.05) is 45.9 Å². The normalized spacial score (nSPS) is 11.1. The lowest BCUT2D eigenvalue weighted by atomic mass is 9.92. The Labute approximate surface area is 177 Å². The van der Waals surface area contributed by atoms with Crippen LogP contribution >= 0.6 is 11.3 Å². The van der Waals surface area contributed by atoms with Crippen LogP contribution in [-0.2, 0) is 11.2 Å². The van der Waals surface area contributed by atoms with Crippen molar-refractivity contribution in [1.82, 2.24) is 4.98 Å². The summed E-state index contributed by atoms with van der Waals surface area (Å²) in [5.41, 5.74) is 5.10. The van der Waals surface area contributed by atoms with Gasteiger partial charge in [0.25, 0.3) is 0 Å². The number of aromatic nitrogens is 1. The van der Waals surface area contributed by atoms with Gasteiger partial charge in [0, 0.05) is 16.6 Å². The summed E-state index contributed by atoms with van der Waals surface area (Å²) >= 11 is 1.55. The lowest BCUT2D eigenvalue weighted by Crippen LogP contribution is -2.18. The number of anilines is 1. The maximum atomic E-state index is 12.8. The number of nitrogens with zero attached hydrogens (tertiary/aromatic N) is 1. The van der Waals surface area contributed by atoms with E-state index in [1.807, 2.05) is 29.6 Å². The Bertz CT molecular complexity index is 949. The topological polar surface area (TPSA) is 51.2 Å². The number of rotatable bonds is 7. The van der Waals surface area contributed by atoms with E-state index in [9.17, 15) is 4.79 Å². The molecule has 4 nitrogen and oxygen atoms in total. The predicted octanol–water partition coefficient (Wildman–Crippen LogP) is 6.25. The van der Waals surface area contributed by atoms with Crippen LogP contribution in [0.3, 0.4) is 0 Å². The minimum atomic E-state index is -0.0356. The lowest BCUT2D eigenvalue weighted by molar-refractivity contribution is -0.115. The molecule has 0 bridgehead atoms. The van der Waals surface area contributed by atoms with E-state index in [-0.39, 0.29) is 12.3 Å². The number of para-hydroxylation sites is 1. The maximum absolute atomic E-state index is 12.8. The zero-order chi connectivity index (χ0) is 21.0. The predicted molar refractivity (Wildman–Crippen MR) is 121 cm³/mol. The van der Waals surface area contributed by atoms with Gasteiger partial charge in [0.05, 0.1) is 19.2 Å². The Balaban J connectivity index is 1.76. The first kappa shape index (κ1) is 21.1. The molecule has 0 unspecified atom stereocenters. The van der Waals surface area contributed by atoms with Crippen molar-refractivity contribution in [2.24, 2.45) is 0 Å². The maximum Gasteiger partial charge on any atom is 0.230 e. The zero-order valence-electron chi connectivity index (χ0n) is 17.7. The van der Waals surface area contributed by atoms with Crippen molar-refractivity contribution in [2.75, 3.05) is 12.4 Å². The highest BCUT2D eigenvalue weighted by Gasteiger charge is 2.17. The van der Waals surface area contributed by atoms with Crippen LogP contribution in [0.15, 0.2) is 47.8 Å². The van der Waals surface area contributed by atoms with Crippen molar-refractivity contribution in [1.29, 1.82) is 0 Å². The summed E-state index contributed by atoms with van der Waals surface area (Å²) < 4.78 is 5.20. The van der Waals surface area contributed by atoms with Crippen LogP contribution in [0.4, 0.5) is 5.69 Å². The molecule has 5 heteroatoms. The van der Waals surface area contributed by atoms with Crippen molar-refractivity contribution < 1.29 is 9.53 Å². The fourth-order valence-electron chi connectivity index (χ4n) is 3.30. The molecular weight excluding hydrogens is 380 g/mol. The summed E-state index contributed by atoms with van der Waals surface area (Å²) in [4.78, 5) is 17.4. The second-order valence-electron chi connectivity index (χ2n) is 7.72. The standard InChI is InChI=1S/C24H28N2O2S/c1-15(2)20-7-6-8-21(16(3)4)23(20)26-22(27)13-18-14-29-24(25-18)17-9-11-19(28-5)12-10-17/h6-12,14-16H,13H2,1-5H3,(H,26,27). The van der Waals surface area contributed by atoms with E-state index in [1.165, 1.54) is 11.1 Å². The number of amides is 1. The van der Waals surface area contributed by atoms with Crippen LogP contribution in [0.5, 0.6) is 5.75 Å². The number of carbonyl (C=O) groups excluding carboxylic acids is 1. The summed E-state index contributed by atoms with van der Waals surface area (Å²) in [5.74, 6) is 1.45. The largest absolute Gasteiger partial charge is 0.497 e. The first-order valence-electron chi connectivity index (χ1n) is 9.90. The van der Waals surface area contributed by atoms with E-state index in [0.717, 1.165) is 27.7 Å². The van der Waals surface area contributed by atoms with Gasteiger partial charge in [-0.25, -0.2) is 4.98 Å². The molecule has 1 heterocycles. The van der Waals surface area contributed by atoms with Gasteiger partial charge in [-0.3, -0.25) is 4.79 Å². The molecule has 29 heavy (non-hydrogen) atoms. The molecule has 0 fully saturated rings. The summed E-state index contributed by atoms with van der Waals surface area (Å²) in [6, 6.07) is 14.1. The minimum absolute atomic E-state index is 0.0356. The van der Waals surface area contributed by atoms with E-state index >= 15 is 0 Å². The second-order valence-corrected chi connectivity index (χ2v) is 8.58. The molecule has 0 aliphatic rings. The first-order chi connectivity index (χ1) is 13.9. The van der Waals surface area contributed by atoms with Crippen LogP contribution in [0.1, 0.15) is 56.4 Å². The van der Waals surface area contributed by atoms with Crippen molar-refractivity contribution >= 4 is 22.9 Å². The summed E-state index contributed by atoms with van der Waals surface area (Å²) in [5, 5.41) is 6.02. The summed E-state index contributed by atoms with van der Waals surface area (Å²) in [6.45, 7) is 8.60. The Morgan fingerprint density at radius 1 is 1.03 bits per heavy atom. The van der Waals surface area contributed by atoms with E-state index < -0.39 is 0 Å². The lowest BCUT2D eigenvalue weighted by Gasteiger charge is -2.20. The van der Waals surface area contributed by atoms with Gasteiger partial charge in [0.2, 0.25) is 5.91 Å². The third kappa shape index (κ3) is 5.04. The highest BCUT2D eigenvalue weighted by molar-refractivity contribution is 7.13. The molecule has 1 amide bonds. The number of methoxy groups -OCH3 is 1. The van der Waals surface area contributed by atoms with Gasteiger partial charge in [0.15, 0.2) is 0 Å². The SMILES string of the molecule is COc1ccc(-c2nc(CC(=O)Nc3c(C(C)C)cccc3C(C)C)cs2)cc1. The zero-order valence-corrected chi connectivity index (χ0v) is 18.5. The van der Waals surface area contributed by atoms with Gasteiger partial charge in [-0.15, -0.1) is 11.3 Å². The number of nitrogens with one attached hydrogen (secondary N) is 1. The average molecular weight is 409 g/mol. The smallest absolute Gasteiger partial charge is 0.230 e. The van der Waals surface area contributed by atoms with Gasteiger partial charge in [-0.05, 0) is 47.2 Å². The minimum Gasteiger partial charge on any atom is -0.497 e. The van der Waals surface area contributed by atoms with Gasteiger partial charge in [0.1, 0.15) is 10.8 Å². The number of carbonyl (C=O) groups is 1. The third-order valence-corrected chi connectivity index (χ3v) is 5.81. The summed E-state index contributed by atoms with van der Waals surface area (Å²) in [7, 11) is 1.65. The van der Waals surface area contributed by atoms with Crippen LogP contribution in [0.25, 0.3) is 10.6 Å². The van der Waals surface area contributed by atoms with Gasteiger partial charge in [-0.2, -0.15) is 0 Å². The molecule has 152 valence electrons. The highest BCUT2D eigenvalue weighted by Crippen LogP contribution is 2.32. The third-order valence-electron chi connectivity index (χ3n) is 4.87. The molecule has 3 rings (SSSR count). The molecule has 1 N–H and O–H groups in total. The Kier molecular flexibility index (Phi) is 6.70. The molecule has 0 saturated heterocycles.